The number of hydrogen-bond donors (Lipinski definition) is 4. The number of aliphatic hydroxyl groups is 3. The first-order valence-electron chi connectivity index (χ1n) is 13.5. The molecule has 5 rings (SSSR count). The van der Waals surface area contributed by atoms with Crippen molar-refractivity contribution in [2.45, 2.75) is 82.2 Å². The molecule has 2 fully saturated rings. The molecule has 2 aromatic carbocycles. The Bertz CT molecular complexity index is 1310. The molecule has 0 unspecified atom stereocenters. The van der Waals surface area contributed by atoms with E-state index >= 15 is 0 Å². The van der Waals surface area contributed by atoms with Gasteiger partial charge in [0.15, 0.2) is 6.23 Å². The molecule has 1 saturated heterocycles. The van der Waals surface area contributed by atoms with Crippen molar-refractivity contribution in [3.63, 3.8) is 0 Å². The van der Waals surface area contributed by atoms with Gasteiger partial charge in [-0.1, -0.05) is 41.9 Å². The van der Waals surface area contributed by atoms with Crippen LogP contribution < -0.4 is 5.32 Å². The lowest BCUT2D eigenvalue weighted by atomic mass is 9.97. The quantitative estimate of drug-likeness (QED) is 0.313. The van der Waals surface area contributed by atoms with Crippen molar-refractivity contribution in [3.05, 3.63) is 70.4 Å². The van der Waals surface area contributed by atoms with E-state index in [2.05, 4.69) is 29.6 Å². The summed E-state index contributed by atoms with van der Waals surface area (Å²) in [4.78, 5) is 12.1. The molecule has 0 radical (unpaired) electrons. The number of aromatic nitrogens is 1. The van der Waals surface area contributed by atoms with E-state index in [4.69, 9.17) is 21.1 Å². The number of halogens is 1. The number of benzene rings is 2. The zero-order valence-electron chi connectivity index (χ0n) is 22.5. The molecule has 1 aliphatic heterocycles. The number of fused-ring (bicyclic) bond motifs is 1. The highest BCUT2D eigenvalue weighted by Crippen LogP contribution is 2.40. The van der Waals surface area contributed by atoms with Crippen molar-refractivity contribution in [2.24, 2.45) is 0 Å². The molecular weight excluding hydrogens is 520 g/mol. The molecule has 2 heterocycles. The van der Waals surface area contributed by atoms with E-state index < -0.39 is 42.2 Å². The average Bonchev–Trinajstić information content (AvgIpc) is 3.66. The summed E-state index contributed by atoms with van der Waals surface area (Å²) in [5.41, 5.74) is 3.62. The maximum absolute atomic E-state index is 12.1. The van der Waals surface area contributed by atoms with E-state index in [0.717, 1.165) is 22.0 Å². The molecule has 4 N–H and O–H groups in total. The lowest BCUT2D eigenvalue weighted by Gasteiger charge is -2.41. The second-order valence-corrected chi connectivity index (χ2v) is 12.0. The Morgan fingerprint density at radius 3 is 2.46 bits per heavy atom. The Hall–Kier alpha value is -2.46. The molecule has 8 nitrogen and oxygen atoms in total. The smallest absolute Gasteiger partial charge is 0.320 e. The van der Waals surface area contributed by atoms with Crippen LogP contribution in [0, 0.1) is 0 Å². The maximum atomic E-state index is 12.1. The lowest BCUT2D eigenvalue weighted by molar-refractivity contribution is -0.242. The maximum Gasteiger partial charge on any atom is 0.320 e. The second kappa shape index (κ2) is 11.2. The van der Waals surface area contributed by atoms with Gasteiger partial charge in [0.05, 0.1) is 17.1 Å². The Balaban J connectivity index is 1.37. The van der Waals surface area contributed by atoms with Crippen LogP contribution in [0.1, 0.15) is 62.4 Å². The van der Waals surface area contributed by atoms with Crippen molar-refractivity contribution < 1.29 is 29.6 Å². The summed E-state index contributed by atoms with van der Waals surface area (Å²) in [7, 11) is 0. The third-order valence-corrected chi connectivity index (χ3v) is 7.62. The van der Waals surface area contributed by atoms with Gasteiger partial charge in [0.25, 0.3) is 0 Å². The fraction of sp³-hybridized carbons (Fsp3) is 0.500. The number of nitrogens with zero attached hydrogens (tertiary/aromatic N) is 1. The van der Waals surface area contributed by atoms with Crippen LogP contribution in [0.3, 0.4) is 0 Å². The molecular formula is C30H37ClN2O6. The van der Waals surface area contributed by atoms with Crippen molar-refractivity contribution in [1.29, 1.82) is 0 Å². The number of hydrogen-bond acceptors (Lipinski definition) is 7. The van der Waals surface area contributed by atoms with Crippen LogP contribution in [0.4, 0.5) is 0 Å². The monoisotopic (exact) mass is 556 g/mol. The molecule has 210 valence electrons. The number of rotatable bonds is 8. The molecule has 0 amide bonds. The Morgan fingerprint density at radius 2 is 1.79 bits per heavy atom. The third kappa shape index (κ3) is 6.32. The molecule has 2 aliphatic rings. The Kier molecular flexibility index (Phi) is 8.06. The van der Waals surface area contributed by atoms with E-state index in [9.17, 15) is 20.1 Å². The predicted molar refractivity (Wildman–Crippen MR) is 149 cm³/mol. The largest absolute Gasteiger partial charge is 0.459 e. The van der Waals surface area contributed by atoms with Gasteiger partial charge in [0.1, 0.15) is 30.0 Å². The topological polar surface area (TPSA) is 113 Å². The normalized spacial score (nSPS) is 25.7. The molecule has 0 bridgehead atoms. The summed E-state index contributed by atoms with van der Waals surface area (Å²) in [5, 5.41) is 36.7. The zero-order valence-corrected chi connectivity index (χ0v) is 23.3. The van der Waals surface area contributed by atoms with E-state index in [1.807, 2.05) is 24.4 Å². The molecule has 1 aromatic heterocycles. The van der Waals surface area contributed by atoms with Crippen LogP contribution in [0.25, 0.3) is 10.9 Å². The summed E-state index contributed by atoms with van der Waals surface area (Å²) >= 11 is 6.66. The van der Waals surface area contributed by atoms with E-state index in [0.29, 0.717) is 17.4 Å². The first-order chi connectivity index (χ1) is 18.5. The van der Waals surface area contributed by atoms with Crippen LogP contribution >= 0.6 is 11.6 Å². The highest BCUT2D eigenvalue weighted by molar-refractivity contribution is 6.35. The van der Waals surface area contributed by atoms with Gasteiger partial charge in [0.2, 0.25) is 0 Å². The number of nitrogens with one attached hydrogen (secondary N) is 1. The highest BCUT2D eigenvalue weighted by Gasteiger charge is 2.44. The number of esters is 1. The lowest BCUT2D eigenvalue weighted by Crippen LogP contribution is -2.58. The number of aliphatic hydroxyl groups excluding tert-OH is 3. The first kappa shape index (κ1) is 28.1. The summed E-state index contributed by atoms with van der Waals surface area (Å²) in [5.74, 6) is 0.250. The molecule has 5 atom stereocenters. The van der Waals surface area contributed by atoms with Crippen LogP contribution in [0.5, 0.6) is 0 Å². The standard InChI is InChI=1S/C30H37ClN2O6/c1-30(2,3)39-24(34)15-32-14-23-26(35)27(36)28(37)29(38-23)33-16-20(25-21(31)5-4-6-22(25)33)13-17-7-9-18(10-8-17)19-11-12-19/h4-10,16,19,23,26-29,32,35-37H,11-15H2,1-3H3/t23-,26-,27+,28-,29-/m1/s1. The van der Waals surface area contributed by atoms with Gasteiger partial charge in [0, 0.05) is 18.1 Å². The number of carbonyl (C=O) groups excluding carboxylic acids is 1. The summed E-state index contributed by atoms with van der Waals surface area (Å²) in [6.07, 6.45) is -1.02. The highest BCUT2D eigenvalue weighted by atomic mass is 35.5. The summed E-state index contributed by atoms with van der Waals surface area (Å²) < 4.78 is 13.2. The zero-order chi connectivity index (χ0) is 27.9. The second-order valence-electron chi connectivity index (χ2n) is 11.6. The summed E-state index contributed by atoms with van der Waals surface area (Å²) in [6.45, 7) is 5.34. The molecule has 3 aromatic rings. The molecule has 39 heavy (non-hydrogen) atoms. The minimum Gasteiger partial charge on any atom is -0.459 e. The summed E-state index contributed by atoms with van der Waals surface area (Å²) in [6, 6.07) is 14.2. The van der Waals surface area contributed by atoms with Crippen molar-refractivity contribution >= 4 is 28.5 Å². The van der Waals surface area contributed by atoms with Gasteiger partial charge < -0.3 is 34.7 Å². The average molecular weight is 557 g/mol. The molecule has 0 spiro atoms. The predicted octanol–water partition coefficient (Wildman–Crippen LogP) is 3.67. The molecule has 1 aliphatic carbocycles. The number of carbonyl (C=O) groups is 1. The van der Waals surface area contributed by atoms with Crippen LogP contribution in [-0.2, 0) is 20.7 Å². The third-order valence-electron chi connectivity index (χ3n) is 7.31. The molecule has 1 saturated carbocycles. The number of ether oxygens (including phenoxy) is 2. The minimum atomic E-state index is -1.45. The van der Waals surface area contributed by atoms with E-state index in [1.54, 1.807) is 25.3 Å². The van der Waals surface area contributed by atoms with Gasteiger partial charge in [-0.25, -0.2) is 0 Å². The van der Waals surface area contributed by atoms with Crippen molar-refractivity contribution in [1.82, 2.24) is 9.88 Å². The van der Waals surface area contributed by atoms with Gasteiger partial charge in [-0.05, 0) is 74.8 Å². The van der Waals surface area contributed by atoms with Gasteiger partial charge in [-0.2, -0.15) is 0 Å². The van der Waals surface area contributed by atoms with Gasteiger partial charge in [-0.15, -0.1) is 0 Å². The van der Waals surface area contributed by atoms with E-state index in [-0.39, 0.29) is 13.1 Å². The SMILES string of the molecule is CC(C)(C)OC(=O)CNC[C@H]1O[C@@H](n2cc(Cc3ccc(C4CC4)cc3)c3c(Cl)cccc32)[C@H](O)[C@@H](O)[C@@H]1O. The van der Waals surface area contributed by atoms with Crippen LogP contribution in [-0.4, -0.2) is 69.0 Å². The minimum absolute atomic E-state index is 0.0703. The van der Waals surface area contributed by atoms with Crippen molar-refractivity contribution in [3.8, 4) is 0 Å². The fourth-order valence-corrected chi connectivity index (χ4v) is 5.55. The van der Waals surface area contributed by atoms with Crippen LogP contribution in [0.15, 0.2) is 48.7 Å². The fourth-order valence-electron chi connectivity index (χ4n) is 5.26. The first-order valence-corrected chi connectivity index (χ1v) is 13.9. The Morgan fingerprint density at radius 1 is 1.08 bits per heavy atom. The van der Waals surface area contributed by atoms with Crippen LogP contribution in [0.2, 0.25) is 5.02 Å². The van der Waals surface area contributed by atoms with Gasteiger partial charge >= 0.3 is 5.97 Å². The Labute approximate surface area is 233 Å². The van der Waals surface area contributed by atoms with E-state index in [1.165, 1.54) is 18.4 Å². The van der Waals surface area contributed by atoms with Crippen molar-refractivity contribution in [2.75, 3.05) is 13.1 Å². The van der Waals surface area contributed by atoms with Gasteiger partial charge in [-0.3, -0.25) is 4.79 Å². The molecule has 9 heteroatoms.